The summed E-state index contributed by atoms with van der Waals surface area (Å²) >= 11 is 3.09. The third kappa shape index (κ3) is 3.20. The molecule has 1 saturated heterocycles. The largest absolute Gasteiger partial charge is 0.341 e. The number of rotatable bonds is 3. The number of hydrogen-bond donors (Lipinski definition) is 0. The molecule has 1 amide bonds. The molecule has 0 aromatic carbocycles. The average molecular weight is 414 g/mol. The first kappa shape index (κ1) is 18.1. The van der Waals surface area contributed by atoms with E-state index in [-0.39, 0.29) is 18.0 Å². The number of fused-ring (bicyclic) bond motifs is 2. The smallest absolute Gasteiger partial charge is 0.263 e. The minimum Gasteiger partial charge on any atom is -0.341 e. The number of thiophene rings is 2. The molecule has 2 fully saturated rings. The van der Waals surface area contributed by atoms with E-state index in [1.54, 1.807) is 11.3 Å². The molecule has 1 aliphatic carbocycles. The number of piperidine rings is 1. The van der Waals surface area contributed by atoms with Crippen LogP contribution in [-0.4, -0.2) is 33.4 Å². The zero-order valence-corrected chi connectivity index (χ0v) is 17.3. The van der Waals surface area contributed by atoms with Gasteiger partial charge in [-0.1, -0.05) is 25.3 Å². The normalized spacial score (nSPS) is 22.4. The van der Waals surface area contributed by atoms with Crippen LogP contribution < -0.4 is 5.56 Å². The number of amides is 1. The molecule has 0 N–H and O–H groups in total. The highest BCUT2D eigenvalue weighted by Gasteiger charge is 2.33. The van der Waals surface area contributed by atoms with Crippen molar-refractivity contribution in [3.8, 4) is 10.4 Å². The van der Waals surface area contributed by atoms with E-state index in [0.29, 0.717) is 11.3 Å². The second-order valence-corrected chi connectivity index (χ2v) is 9.72. The monoisotopic (exact) mass is 413 g/mol. The molecular weight excluding hydrogens is 390 g/mol. The molecule has 146 valence electrons. The van der Waals surface area contributed by atoms with Crippen LogP contribution in [0.5, 0.6) is 0 Å². The third-order valence-corrected chi connectivity index (χ3v) is 8.09. The molecule has 3 aromatic rings. The molecule has 0 unspecified atom stereocenters. The number of aromatic nitrogens is 2. The Bertz CT molecular complexity index is 1050. The second-order valence-electron chi connectivity index (χ2n) is 7.92. The van der Waals surface area contributed by atoms with Crippen molar-refractivity contribution in [2.45, 2.75) is 38.6 Å². The number of nitrogens with zero attached hydrogens (tertiary/aromatic N) is 3. The van der Waals surface area contributed by atoms with Gasteiger partial charge in [-0.2, -0.15) is 0 Å². The number of likely N-dealkylation sites (tertiary alicyclic amines) is 1. The molecule has 2 aliphatic rings. The lowest BCUT2D eigenvalue weighted by Gasteiger charge is -2.41. The third-order valence-electron chi connectivity index (χ3n) is 6.30. The van der Waals surface area contributed by atoms with Crippen molar-refractivity contribution in [3.63, 3.8) is 0 Å². The van der Waals surface area contributed by atoms with Crippen LogP contribution >= 0.6 is 22.7 Å². The zero-order chi connectivity index (χ0) is 19.1. The van der Waals surface area contributed by atoms with Crippen LogP contribution in [0.1, 0.15) is 32.1 Å². The van der Waals surface area contributed by atoms with Crippen LogP contribution in [0.4, 0.5) is 0 Å². The lowest BCUT2D eigenvalue weighted by atomic mass is 9.75. The lowest BCUT2D eigenvalue weighted by molar-refractivity contribution is -0.135. The van der Waals surface area contributed by atoms with Crippen LogP contribution in [-0.2, 0) is 11.3 Å². The van der Waals surface area contributed by atoms with Gasteiger partial charge in [0.1, 0.15) is 11.4 Å². The molecule has 0 bridgehead atoms. The fraction of sp³-hybridized carbons (Fsp3) is 0.476. The Kier molecular flexibility index (Phi) is 4.80. The summed E-state index contributed by atoms with van der Waals surface area (Å²) in [5.74, 6) is 1.48. The molecule has 5 rings (SSSR count). The Morgan fingerprint density at radius 2 is 2.04 bits per heavy atom. The average Bonchev–Trinajstić information content (AvgIpc) is 3.39. The first-order chi connectivity index (χ1) is 13.7. The van der Waals surface area contributed by atoms with Crippen molar-refractivity contribution in [1.29, 1.82) is 0 Å². The van der Waals surface area contributed by atoms with Gasteiger partial charge < -0.3 is 4.90 Å². The van der Waals surface area contributed by atoms with Gasteiger partial charge in [-0.3, -0.25) is 14.2 Å². The van der Waals surface area contributed by atoms with E-state index in [4.69, 9.17) is 0 Å². The molecule has 0 spiro atoms. The quantitative estimate of drug-likeness (QED) is 0.646. The van der Waals surface area contributed by atoms with Gasteiger partial charge in [-0.05, 0) is 36.1 Å². The molecule has 1 saturated carbocycles. The summed E-state index contributed by atoms with van der Waals surface area (Å²) in [7, 11) is 0. The fourth-order valence-electron chi connectivity index (χ4n) is 4.77. The summed E-state index contributed by atoms with van der Waals surface area (Å²) in [6, 6.07) is 4.00. The highest BCUT2D eigenvalue weighted by Crippen LogP contribution is 2.36. The highest BCUT2D eigenvalue weighted by atomic mass is 32.1. The fourth-order valence-corrected chi connectivity index (χ4v) is 6.49. The molecule has 28 heavy (non-hydrogen) atoms. The molecule has 7 heteroatoms. The maximum Gasteiger partial charge on any atom is 0.263 e. The topological polar surface area (TPSA) is 55.2 Å². The molecule has 3 aromatic heterocycles. The predicted octanol–water partition coefficient (Wildman–Crippen LogP) is 4.23. The first-order valence-electron chi connectivity index (χ1n) is 9.99. The number of carbonyl (C=O) groups excluding carboxylic acids is 1. The van der Waals surface area contributed by atoms with Crippen LogP contribution in [0.15, 0.2) is 34.0 Å². The van der Waals surface area contributed by atoms with Gasteiger partial charge in [-0.25, -0.2) is 4.98 Å². The Balaban J connectivity index is 1.39. The Morgan fingerprint density at radius 3 is 2.86 bits per heavy atom. The SMILES string of the molecule is O=C(Cn1cnc2scc(-c3cccs3)c2c1=O)N1CC[C@H]2CCCC[C@H]2C1. The maximum atomic E-state index is 13.1. The van der Waals surface area contributed by atoms with Gasteiger partial charge >= 0.3 is 0 Å². The Labute approximate surface area is 171 Å². The van der Waals surface area contributed by atoms with Gasteiger partial charge in [0.2, 0.25) is 5.91 Å². The van der Waals surface area contributed by atoms with Crippen molar-refractivity contribution in [3.05, 3.63) is 39.6 Å². The summed E-state index contributed by atoms with van der Waals surface area (Å²) in [6.07, 6.45) is 7.81. The lowest BCUT2D eigenvalue weighted by Crippen LogP contribution is -2.46. The standard InChI is InChI=1S/C21H23N3O2S2/c25-18(23-8-7-14-4-1-2-5-15(14)10-23)11-24-13-22-20-19(21(24)26)16(12-28-20)17-6-3-9-27-17/h3,6,9,12-15H,1-2,4-5,7-8,10-11H2/t14-,15+/m1/s1. The van der Waals surface area contributed by atoms with E-state index < -0.39 is 0 Å². The van der Waals surface area contributed by atoms with Gasteiger partial charge in [0.05, 0.1) is 11.7 Å². The van der Waals surface area contributed by atoms with E-state index in [2.05, 4.69) is 4.98 Å². The van der Waals surface area contributed by atoms with Crippen molar-refractivity contribution in [2.24, 2.45) is 11.8 Å². The summed E-state index contributed by atoms with van der Waals surface area (Å²) in [5, 5.41) is 4.63. The minimum absolute atomic E-state index is 0.0418. The first-order valence-corrected chi connectivity index (χ1v) is 11.7. The number of hydrogen-bond acceptors (Lipinski definition) is 5. The van der Waals surface area contributed by atoms with E-state index in [1.807, 2.05) is 27.8 Å². The summed E-state index contributed by atoms with van der Waals surface area (Å²) in [4.78, 5) is 34.3. The minimum atomic E-state index is -0.115. The van der Waals surface area contributed by atoms with E-state index >= 15 is 0 Å². The highest BCUT2D eigenvalue weighted by molar-refractivity contribution is 7.18. The molecular formula is C21H23N3O2S2. The van der Waals surface area contributed by atoms with Gasteiger partial charge in [0.25, 0.3) is 5.56 Å². The van der Waals surface area contributed by atoms with E-state index in [1.165, 1.54) is 47.9 Å². The Hall–Kier alpha value is -1.99. The second kappa shape index (κ2) is 7.44. The molecule has 2 atom stereocenters. The van der Waals surface area contributed by atoms with Gasteiger partial charge in [0, 0.05) is 28.9 Å². The van der Waals surface area contributed by atoms with Crippen molar-refractivity contribution >= 4 is 38.8 Å². The van der Waals surface area contributed by atoms with Crippen LogP contribution in [0.2, 0.25) is 0 Å². The predicted molar refractivity (Wildman–Crippen MR) is 114 cm³/mol. The van der Waals surface area contributed by atoms with E-state index in [9.17, 15) is 9.59 Å². The number of carbonyl (C=O) groups is 1. The van der Waals surface area contributed by atoms with Crippen LogP contribution in [0.3, 0.4) is 0 Å². The van der Waals surface area contributed by atoms with Crippen molar-refractivity contribution < 1.29 is 4.79 Å². The van der Waals surface area contributed by atoms with Gasteiger partial charge in [-0.15, -0.1) is 22.7 Å². The molecule has 5 nitrogen and oxygen atoms in total. The Morgan fingerprint density at radius 1 is 1.18 bits per heavy atom. The van der Waals surface area contributed by atoms with Crippen LogP contribution in [0.25, 0.3) is 20.7 Å². The summed E-state index contributed by atoms with van der Waals surface area (Å²) in [6.45, 7) is 1.76. The zero-order valence-electron chi connectivity index (χ0n) is 15.7. The summed E-state index contributed by atoms with van der Waals surface area (Å²) in [5.41, 5.74) is 0.813. The molecule has 1 aliphatic heterocycles. The maximum absolute atomic E-state index is 13.1. The van der Waals surface area contributed by atoms with Crippen molar-refractivity contribution in [1.82, 2.24) is 14.5 Å². The van der Waals surface area contributed by atoms with Gasteiger partial charge in [0.15, 0.2) is 0 Å². The van der Waals surface area contributed by atoms with Crippen LogP contribution in [0, 0.1) is 11.8 Å². The van der Waals surface area contributed by atoms with E-state index in [0.717, 1.165) is 40.7 Å². The summed E-state index contributed by atoms with van der Waals surface area (Å²) < 4.78 is 1.49. The van der Waals surface area contributed by atoms with Crippen molar-refractivity contribution in [2.75, 3.05) is 13.1 Å². The molecule has 0 radical (unpaired) electrons. The molecule has 4 heterocycles.